The van der Waals surface area contributed by atoms with Gasteiger partial charge in [0.15, 0.2) is 11.5 Å². The lowest BCUT2D eigenvalue weighted by atomic mass is 10.1. The summed E-state index contributed by atoms with van der Waals surface area (Å²) in [7, 11) is 0. The summed E-state index contributed by atoms with van der Waals surface area (Å²) in [6.07, 6.45) is 2.42. The molecule has 29 heavy (non-hydrogen) atoms. The lowest BCUT2D eigenvalue weighted by Gasteiger charge is -2.11. The SMILES string of the molecule is CCCOc1ccc(/C=N\NC(=O)c2cc3ccccc3cc2O)cc1OCC. The fourth-order valence-corrected chi connectivity index (χ4v) is 2.84. The Balaban J connectivity index is 1.73. The molecule has 0 unspecified atom stereocenters. The summed E-state index contributed by atoms with van der Waals surface area (Å²) < 4.78 is 11.3. The summed E-state index contributed by atoms with van der Waals surface area (Å²) in [5.41, 5.74) is 3.37. The molecule has 0 fully saturated rings. The maximum Gasteiger partial charge on any atom is 0.275 e. The number of aromatic hydroxyl groups is 1. The minimum Gasteiger partial charge on any atom is -0.507 e. The minimum absolute atomic E-state index is 0.0903. The second-order valence-electron chi connectivity index (χ2n) is 6.40. The van der Waals surface area contributed by atoms with Gasteiger partial charge in [-0.2, -0.15) is 5.10 Å². The van der Waals surface area contributed by atoms with Gasteiger partial charge in [0.25, 0.3) is 5.91 Å². The number of nitrogens with zero attached hydrogens (tertiary/aromatic N) is 1. The van der Waals surface area contributed by atoms with Crippen LogP contribution in [0.4, 0.5) is 0 Å². The number of nitrogens with one attached hydrogen (secondary N) is 1. The summed E-state index contributed by atoms with van der Waals surface area (Å²) in [6, 6.07) is 16.2. The van der Waals surface area contributed by atoms with Gasteiger partial charge in [-0.3, -0.25) is 4.79 Å². The van der Waals surface area contributed by atoms with Crippen LogP contribution in [0.3, 0.4) is 0 Å². The van der Waals surface area contributed by atoms with E-state index < -0.39 is 5.91 Å². The van der Waals surface area contributed by atoms with E-state index in [0.717, 1.165) is 22.8 Å². The number of amides is 1. The first-order valence-corrected chi connectivity index (χ1v) is 9.57. The highest BCUT2D eigenvalue weighted by Gasteiger charge is 2.12. The maximum absolute atomic E-state index is 12.4. The van der Waals surface area contributed by atoms with Gasteiger partial charge in [0.05, 0.1) is 25.0 Å². The largest absolute Gasteiger partial charge is 0.507 e. The molecule has 0 atom stereocenters. The van der Waals surface area contributed by atoms with Crippen LogP contribution in [0.2, 0.25) is 0 Å². The number of carbonyl (C=O) groups excluding carboxylic acids is 1. The molecule has 3 rings (SSSR count). The van der Waals surface area contributed by atoms with Crippen molar-refractivity contribution >= 4 is 22.9 Å². The number of hydrazone groups is 1. The molecule has 2 N–H and O–H groups in total. The highest BCUT2D eigenvalue weighted by atomic mass is 16.5. The molecule has 3 aromatic rings. The van der Waals surface area contributed by atoms with Gasteiger partial charge in [-0.25, -0.2) is 5.43 Å². The van der Waals surface area contributed by atoms with E-state index in [1.807, 2.05) is 50.2 Å². The highest BCUT2D eigenvalue weighted by Crippen LogP contribution is 2.28. The molecule has 0 aromatic heterocycles. The number of hydrogen-bond acceptors (Lipinski definition) is 5. The van der Waals surface area contributed by atoms with E-state index in [4.69, 9.17) is 9.47 Å². The number of rotatable bonds is 8. The first kappa shape index (κ1) is 20.2. The highest BCUT2D eigenvalue weighted by molar-refractivity contribution is 6.01. The molecule has 150 valence electrons. The fourth-order valence-electron chi connectivity index (χ4n) is 2.84. The van der Waals surface area contributed by atoms with Gasteiger partial charge in [0.1, 0.15) is 5.75 Å². The third kappa shape index (κ3) is 5.04. The van der Waals surface area contributed by atoms with E-state index in [0.29, 0.717) is 24.7 Å². The quantitative estimate of drug-likeness (QED) is 0.437. The predicted molar refractivity (Wildman–Crippen MR) is 114 cm³/mol. The molecular formula is C23H24N2O4. The topological polar surface area (TPSA) is 80.2 Å². The van der Waals surface area contributed by atoms with Crippen LogP contribution < -0.4 is 14.9 Å². The molecule has 0 saturated heterocycles. The average Bonchev–Trinajstić information content (AvgIpc) is 2.72. The van der Waals surface area contributed by atoms with Crippen LogP contribution in [0.1, 0.15) is 36.2 Å². The fraction of sp³-hybridized carbons (Fsp3) is 0.217. The molecule has 0 aliphatic heterocycles. The molecule has 0 aliphatic rings. The van der Waals surface area contributed by atoms with E-state index in [-0.39, 0.29) is 11.3 Å². The minimum atomic E-state index is -0.488. The van der Waals surface area contributed by atoms with Crippen LogP contribution in [0, 0.1) is 0 Å². The van der Waals surface area contributed by atoms with Gasteiger partial charge in [-0.05, 0) is 60.0 Å². The second-order valence-corrected chi connectivity index (χ2v) is 6.40. The molecule has 6 heteroatoms. The summed E-state index contributed by atoms with van der Waals surface area (Å²) in [6.45, 7) is 5.07. The van der Waals surface area contributed by atoms with Gasteiger partial charge in [0, 0.05) is 0 Å². The van der Waals surface area contributed by atoms with Gasteiger partial charge in [-0.1, -0.05) is 31.2 Å². The van der Waals surface area contributed by atoms with E-state index in [1.165, 1.54) is 6.21 Å². The molecule has 0 bridgehead atoms. The Labute approximate surface area is 169 Å². The lowest BCUT2D eigenvalue weighted by Crippen LogP contribution is -2.17. The number of phenols is 1. The van der Waals surface area contributed by atoms with Crippen molar-refractivity contribution in [3.63, 3.8) is 0 Å². The number of hydrogen-bond donors (Lipinski definition) is 2. The number of phenolic OH excluding ortho intramolecular Hbond substituents is 1. The summed E-state index contributed by atoms with van der Waals surface area (Å²) >= 11 is 0. The van der Waals surface area contributed by atoms with Crippen LogP contribution in [0.15, 0.2) is 59.7 Å². The molecule has 3 aromatic carbocycles. The van der Waals surface area contributed by atoms with Crippen molar-refractivity contribution < 1.29 is 19.4 Å². The van der Waals surface area contributed by atoms with Crippen molar-refractivity contribution in [3.8, 4) is 17.2 Å². The third-order valence-electron chi connectivity index (χ3n) is 4.22. The van der Waals surface area contributed by atoms with E-state index in [1.54, 1.807) is 18.2 Å². The van der Waals surface area contributed by atoms with Crippen LogP contribution in [-0.4, -0.2) is 30.4 Å². The first-order chi connectivity index (χ1) is 14.1. The Morgan fingerprint density at radius 1 is 1.03 bits per heavy atom. The summed E-state index contributed by atoms with van der Waals surface area (Å²) in [5, 5.41) is 15.9. The molecule has 0 radical (unpaired) electrons. The average molecular weight is 392 g/mol. The van der Waals surface area contributed by atoms with Crippen molar-refractivity contribution in [3.05, 3.63) is 65.7 Å². The molecule has 6 nitrogen and oxygen atoms in total. The second kappa shape index (κ2) is 9.59. The van der Waals surface area contributed by atoms with Gasteiger partial charge in [0.2, 0.25) is 0 Å². The number of carbonyl (C=O) groups is 1. The van der Waals surface area contributed by atoms with Crippen LogP contribution in [0.5, 0.6) is 17.2 Å². The Morgan fingerprint density at radius 3 is 2.52 bits per heavy atom. The van der Waals surface area contributed by atoms with Crippen molar-refractivity contribution in [2.75, 3.05) is 13.2 Å². The molecule has 0 saturated carbocycles. The molecule has 0 spiro atoms. The van der Waals surface area contributed by atoms with Crippen molar-refractivity contribution in [2.24, 2.45) is 5.10 Å². The molecule has 1 amide bonds. The maximum atomic E-state index is 12.4. The zero-order valence-electron chi connectivity index (χ0n) is 16.5. The molecule has 0 heterocycles. The van der Waals surface area contributed by atoms with Gasteiger partial charge < -0.3 is 14.6 Å². The monoisotopic (exact) mass is 392 g/mol. The summed E-state index contributed by atoms with van der Waals surface area (Å²) in [4.78, 5) is 12.4. The standard InChI is InChI=1S/C23H24N2O4/c1-3-11-29-21-10-9-16(12-22(21)28-4-2)15-24-25-23(27)19-13-17-7-5-6-8-18(17)14-20(19)26/h5-10,12-15,26H,3-4,11H2,1-2H3,(H,25,27)/b24-15-. The molecular weight excluding hydrogens is 368 g/mol. The number of fused-ring (bicyclic) bond motifs is 1. The van der Waals surface area contributed by atoms with E-state index in [9.17, 15) is 9.90 Å². The van der Waals surface area contributed by atoms with Gasteiger partial charge >= 0.3 is 0 Å². The van der Waals surface area contributed by atoms with E-state index >= 15 is 0 Å². The Hall–Kier alpha value is -3.54. The Kier molecular flexibility index (Phi) is 6.68. The van der Waals surface area contributed by atoms with Gasteiger partial charge in [-0.15, -0.1) is 0 Å². The first-order valence-electron chi connectivity index (χ1n) is 9.57. The number of benzene rings is 3. The third-order valence-corrected chi connectivity index (χ3v) is 4.22. The number of ether oxygens (including phenoxy) is 2. The van der Waals surface area contributed by atoms with Crippen LogP contribution in [0.25, 0.3) is 10.8 Å². The van der Waals surface area contributed by atoms with Crippen molar-refractivity contribution in [1.82, 2.24) is 5.43 Å². The zero-order chi connectivity index (χ0) is 20.6. The zero-order valence-corrected chi connectivity index (χ0v) is 16.5. The normalized spacial score (nSPS) is 11.0. The van der Waals surface area contributed by atoms with Crippen molar-refractivity contribution in [1.29, 1.82) is 0 Å². The van der Waals surface area contributed by atoms with Crippen LogP contribution in [-0.2, 0) is 0 Å². The predicted octanol–water partition coefficient (Wildman–Crippen LogP) is 4.50. The smallest absolute Gasteiger partial charge is 0.275 e. The van der Waals surface area contributed by atoms with E-state index in [2.05, 4.69) is 10.5 Å². The van der Waals surface area contributed by atoms with Crippen LogP contribution >= 0.6 is 0 Å². The Morgan fingerprint density at radius 2 is 1.79 bits per heavy atom. The Bertz CT molecular complexity index is 1030. The van der Waals surface area contributed by atoms with Crippen molar-refractivity contribution in [2.45, 2.75) is 20.3 Å². The lowest BCUT2D eigenvalue weighted by molar-refractivity contribution is 0.0952. The molecule has 0 aliphatic carbocycles. The summed E-state index contributed by atoms with van der Waals surface area (Å²) in [5.74, 6) is 0.726.